The average Bonchev–Trinajstić information content (AvgIpc) is 3.39. The fraction of sp³-hybridized carbons (Fsp3) is 0.200. The summed E-state index contributed by atoms with van der Waals surface area (Å²) in [6.07, 6.45) is 1.21. The summed E-state index contributed by atoms with van der Waals surface area (Å²) in [4.78, 5) is 0. The Labute approximate surface area is 172 Å². The lowest BCUT2D eigenvalue weighted by Gasteiger charge is -2.33. The fourth-order valence-electron chi connectivity index (χ4n) is 3.38. The summed E-state index contributed by atoms with van der Waals surface area (Å²) in [7, 11) is 0. The van der Waals surface area contributed by atoms with Gasteiger partial charge < -0.3 is 9.63 Å². The highest BCUT2D eigenvalue weighted by atomic mass is 19.1. The number of tetrazole rings is 1. The first-order valence-corrected chi connectivity index (χ1v) is 9.09. The van der Waals surface area contributed by atoms with Gasteiger partial charge in [-0.25, -0.2) is 22.2 Å². The van der Waals surface area contributed by atoms with Crippen molar-refractivity contribution in [2.24, 2.45) is 0 Å². The van der Waals surface area contributed by atoms with Crippen LogP contribution in [0.2, 0.25) is 0 Å². The van der Waals surface area contributed by atoms with Crippen molar-refractivity contribution >= 4 is 0 Å². The zero-order chi connectivity index (χ0) is 22.2. The van der Waals surface area contributed by atoms with Crippen molar-refractivity contribution < 1.29 is 27.2 Å². The van der Waals surface area contributed by atoms with Gasteiger partial charge in [0, 0.05) is 17.7 Å². The number of nitrogens with zero attached hydrogens (tertiary/aromatic N) is 5. The largest absolute Gasteiger partial charge is 0.382 e. The van der Waals surface area contributed by atoms with E-state index in [-0.39, 0.29) is 23.6 Å². The fourth-order valence-corrected chi connectivity index (χ4v) is 3.38. The molecule has 2 heterocycles. The van der Waals surface area contributed by atoms with Gasteiger partial charge in [-0.2, -0.15) is 0 Å². The SMILES string of the molecule is C[C@@H](c1cc(-c2c(F)cccc2F)no1)[C@](O)(Cn1cnnn1)c1ccc(F)cc1F. The van der Waals surface area contributed by atoms with Gasteiger partial charge in [-0.1, -0.05) is 24.2 Å². The van der Waals surface area contributed by atoms with Crippen LogP contribution in [0.5, 0.6) is 0 Å². The predicted octanol–water partition coefficient (Wildman–Crippen LogP) is 3.58. The number of hydrogen-bond donors (Lipinski definition) is 1. The van der Waals surface area contributed by atoms with Crippen LogP contribution in [-0.4, -0.2) is 30.5 Å². The molecule has 31 heavy (non-hydrogen) atoms. The maximum absolute atomic E-state index is 14.6. The van der Waals surface area contributed by atoms with E-state index in [0.717, 1.165) is 28.9 Å². The van der Waals surface area contributed by atoms with E-state index in [1.807, 2.05) is 0 Å². The molecule has 11 heteroatoms. The molecule has 0 fully saturated rings. The molecule has 0 spiro atoms. The molecule has 4 rings (SSSR count). The van der Waals surface area contributed by atoms with Crippen molar-refractivity contribution in [3.63, 3.8) is 0 Å². The van der Waals surface area contributed by atoms with Gasteiger partial charge in [0.05, 0.1) is 18.0 Å². The molecule has 7 nitrogen and oxygen atoms in total. The Kier molecular flexibility index (Phi) is 5.27. The van der Waals surface area contributed by atoms with E-state index in [9.17, 15) is 22.7 Å². The van der Waals surface area contributed by atoms with Crippen molar-refractivity contribution in [2.45, 2.75) is 25.0 Å². The van der Waals surface area contributed by atoms with Crippen molar-refractivity contribution in [2.75, 3.05) is 0 Å². The van der Waals surface area contributed by atoms with Crippen molar-refractivity contribution in [1.29, 1.82) is 0 Å². The molecule has 0 unspecified atom stereocenters. The Bertz CT molecular complexity index is 1190. The third-order valence-electron chi connectivity index (χ3n) is 5.08. The molecule has 0 amide bonds. The third kappa shape index (κ3) is 3.79. The molecule has 1 N–H and O–H groups in total. The van der Waals surface area contributed by atoms with Gasteiger partial charge in [0.25, 0.3) is 0 Å². The first-order valence-electron chi connectivity index (χ1n) is 9.09. The Morgan fingerprint density at radius 1 is 1.06 bits per heavy atom. The van der Waals surface area contributed by atoms with Gasteiger partial charge in [-0.05, 0) is 28.6 Å². The Morgan fingerprint density at radius 3 is 2.45 bits per heavy atom. The molecule has 0 saturated heterocycles. The maximum atomic E-state index is 14.6. The van der Waals surface area contributed by atoms with Gasteiger partial charge in [0.2, 0.25) is 0 Å². The van der Waals surface area contributed by atoms with Crippen LogP contribution in [0, 0.1) is 23.3 Å². The summed E-state index contributed by atoms with van der Waals surface area (Å²) in [5.41, 5.74) is -2.81. The summed E-state index contributed by atoms with van der Waals surface area (Å²) in [5.74, 6) is -4.51. The van der Waals surface area contributed by atoms with Crippen LogP contribution in [-0.2, 0) is 12.1 Å². The highest BCUT2D eigenvalue weighted by molar-refractivity contribution is 5.60. The second-order valence-electron chi connectivity index (χ2n) is 6.99. The quantitative estimate of drug-likeness (QED) is 0.468. The van der Waals surface area contributed by atoms with E-state index in [1.54, 1.807) is 0 Å². The molecule has 0 saturated carbocycles. The molecule has 2 atom stereocenters. The van der Waals surface area contributed by atoms with Crippen LogP contribution < -0.4 is 0 Å². The second-order valence-corrected chi connectivity index (χ2v) is 6.99. The summed E-state index contributed by atoms with van der Waals surface area (Å²) in [5, 5.41) is 25.9. The first-order chi connectivity index (χ1) is 14.8. The Hall–Kier alpha value is -3.60. The lowest BCUT2D eigenvalue weighted by atomic mass is 9.80. The summed E-state index contributed by atoms with van der Waals surface area (Å²) in [6, 6.07) is 7.32. The normalized spacial score (nSPS) is 14.4. The monoisotopic (exact) mass is 433 g/mol. The topological polar surface area (TPSA) is 89.9 Å². The van der Waals surface area contributed by atoms with Crippen molar-refractivity contribution in [3.05, 3.63) is 83.4 Å². The van der Waals surface area contributed by atoms with Crippen LogP contribution in [0.25, 0.3) is 11.3 Å². The number of halogens is 4. The molecule has 0 aliphatic heterocycles. The first kappa shape index (κ1) is 20.7. The summed E-state index contributed by atoms with van der Waals surface area (Å²) >= 11 is 0. The third-order valence-corrected chi connectivity index (χ3v) is 5.08. The molecule has 2 aromatic carbocycles. The molecule has 0 bridgehead atoms. The standard InChI is InChI=1S/C20H15F4N5O2/c1-11(18-8-17(26-31-18)19-14(22)3-2-4-15(19)23)20(30,9-29-10-25-27-28-29)13-6-5-12(21)7-16(13)24/h2-8,10-11,30H,9H2,1H3/t11-,20+/m0/s1. The number of rotatable bonds is 6. The number of aromatic nitrogens is 5. The zero-order valence-corrected chi connectivity index (χ0v) is 16.0. The second kappa shape index (κ2) is 7.91. The minimum atomic E-state index is -2.03. The minimum absolute atomic E-state index is 0.0111. The summed E-state index contributed by atoms with van der Waals surface area (Å²) in [6.45, 7) is 1.17. The van der Waals surface area contributed by atoms with Crippen molar-refractivity contribution in [1.82, 2.24) is 25.4 Å². The lowest BCUT2D eigenvalue weighted by Crippen LogP contribution is -2.38. The smallest absolute Gasteiger partial charge is 0.143 e. The number of aliphatic hydroxyl groups is 1. The number of benzene rings is 2. The van der Waals surface area contributed by atoms with Gasteiger partial charge in [-0.3, -0.25) is 0 Å². The van der Waals surface area contributed by atoms with Gasteiger partial charge >= 0.3 is 0 Å². The van der Waals surface area contributed by atoms with E-state index < -0.39 is 40.4 Å². The van der Waals surface area contributed by atoms with Crippen LogP contribution >= 0.6 is 0 Å². The highest BCUT2D eigenvalue weighted by Gasteiger charge is 2.42. The number of hydrogen-bond acceptors (Lipinski definition) is 6. The lowest BCUT2D eigenvalue weighted by molar-refractivity contribution is -0.0185. The van der Waals surface area contributed by atoms with Crippen LogP contribution in [0.3, 0.4) is 0 Å². The van der Waals surface area contributed by atoms with E-state index in [0.29, 0.717) is 6.07 Å². The van der Waals surface area contributed by atoms with Gasteiger partial charge in [-0.15, -0.1) is 5.10 Å². The van der Waals surface area contributed by atoms with E-state index in [2.05, 4.69) is 20.7 Å². The molecule has 160 valence electrons. The molecule has 0 aliphatic carbocycles. The predicted molar refractivity (Wildman–Crippen MR) is 98.3 cm³/mol. The van der Waals surface area contributed by atoms with Crippen molar-refractivity contribution in [3.8, 4) is 11.3 Å². The van der Waals surface area contributed by atoms with Gasteiger partial charge in [0.15, 0.2) is 0 Å². The summed E-state index contributed by atoms with van der Waals surface area (Å²) < 4.78 is 62.7. The van der Waals surface area contributed by atoms with Crippen LogP contribution in [0.4, 0.5) is 17.6 Å². The van der Waals surface area contributed by atoms with E-state index in [1.165, 1.54) is 25.4 Å². The maximum Gasteiger partial charge on any atom is 0.143 e. The van der Waals surface area contributed by atoms with Gasteiger partial charge in [0.1, 0.15) is 46.7 Å². The van der Waals surface area contributed by atoms with E-state index >= 15 is 0 Å². The zero-order valence-electron chi connectivity index (χ0n) is 16.0. The highest BCUT2D eigenvalue weighted by Crippen LogP contribution is 2.41. The van der Waals surface area contributed by atoms with E-state index in [4.69, 9.17) is 4.52 Å². The molecule has 0 aliphatic rings. The molecular formula is C20H15F4N5O2. The molecule has 4 aromatic rings. The molecule has 0 radical (unpaired) electrons. The average molecular weight is 433 g/mol. The van der Waals surface area contributed by atoms with Crippen LogP contribution in [0.1, 0.15) is 24.2 Å². The minimum Gasteiger partial charge on any atom is -0.382 e. The molecular weight excluding hydrogens is 418 g/mol. The molecule has 2 aromatic heterocycles. The van der Waals surface area contributed by atoms with Crippen LogP contribution in [0.15, 0.2) is 53.3 Å². The Morgan fingerprint density at radius 2 is 1.81 bits per heavy atom. The Balaban J connectivity index is 1.78.